The Morgan fingerprint density at radius 2 is 2.36 bits per heavy atom. The first-order valence-corrected chi connectivity index (χ1v) is 5.12. The highest BCUT2D eigenvalue weighted by Crippen LogP contribution is 2.33. The summed E-state index contributed by atoms with van der Waals surface area (Å²) < 4.78 is 5.85. The Labute approximate surface area is 84.3 Å². The van der Waals surface area contributed by atoms with Crippen LogP contribution >= 0.6 is 0 Å². The van der Waals surface area contributed by atoms with Crippen molar-refractivity contribution < 1.29 is 4.74 Å². The maximum atomic E-state index is 5.85. The molecule has 1 saturated heterocycles. The van der Waals surface area contributed by atoms with E-state index in [1.165, 1.54) is 6.42 Å². The minimum absolute atomic E-state index is 0.168. The van der Waals surface area contributed by atoms with E-state index in [0.29, 0.717) is 6.10 Å². The molecular formula is C11H16N2O. The Morgan fingerprint density at radius 3 is 3.07 bits per heavy atom. The van der Waals surface area contributed by atoms with E-state index in [9.17, 15) is 0 Å². The third kappa shape index (κ3) is 1.87. The Hall–Kier alpha value is -1.09. The first-order chi connectivity index (χ1) is 6.77. The van der Waals surface area contributed by atoms with Crippen LogP contribution in [-0.2, 0) is 4.74 Å². The van der Waals surface area contributed by atoms with Crippen LogP contribution in [-0.4, -0.2) is 11.1 Å². The third-order valence-electron chi connectivity index (χ3n) is 2.71. The maximum Gasteiger partial charge on any atom is 0.0849 e. The van der Waals surface area contributed by atoms with Crippen LogP contribution in [0.2, 0.25) is 0 Å². The van der Waals surface area contributed by atoms with Gasteiger partial charge in [-0.1, -0.05) is 0 Å². The number of nitrogens with two attached hydrogens (primary N) is 1. The number of nitrogens with zero attached hydrogens (tertiary/aromatic N) is 1. The van der Waals surface area contributed by atoms with E-state index in [1.807, 2.05) is 6.07 Å². The van der Waals surface area contributed by atoms with Crippen molar-refractivity contribution >= 4 is 5.69 Å². The van der Waals surface area contributed by atoms with Gasteiger partial charge in [0.1, 0.15) is 0 Å². The molecule has 3 heteroatoms. The second kappa shape index (κ2) is 3.96. The zero-order valence-corrected chi connectivity index (χ0v) is 8.44. The zero-order valence-electron chi connectivity index (χ0n) is 8.44. The molecule has 2 rings (SSSR count). The van der Waals surface area contributed by atoms with Crippen molar-refractivity contribution in [3.63, 3.8) is 0 Å². The third-order valence-corrected chi connectivity index (χ3v) is 2.71. The van der Waals surface area contributed by atoms with Crippen LogP contribution in [0.1, 0.15) is 37.9 Å². The normalized spacial score (nSPS) is 27.5. The lowest BCUT2D eigenvalue weighted by Gasteiger charge is -2.28. The Bertz CT molecular complexity index is 314. The van der Waals surface area contributed by atoms with Crippen LogP contribution in [0.4, 0.5) is 5.69 Å². The molecule has 0 saturated carbocycles. The molecule has 3 nitrogen and oxygen atoms in total. The van der Waals surface area contributed by atoms with E-state index in [4.69, 9.17) is 10.5 Å². The van der Waals surface area contributed by atoms with Crippen LogP contribution in [0.15, 0.2) is 18.5 Å². The lowest BCUT2D eigenvalue weighted by atomic mass is 9.99. The lowest BCUT2D eigenvalue weighted by molar-refractivity contribution is -0.0411. The van der Waals surface area contributed by atoms with Gasteiger partial charge < -0.3 is 10.5 Å². The van der Waals surface area contributed by atoms with E-state index in [2.05, 4.69) is 11.9 Å². The highest BCUT2D eigenvalue weighted by Gasteiger charge is 2.22. The zero-order chi connectivity index (χ0) is 9.97. The summed E-state index contributed by atoms with van der Waals surface area (Å²) >= 11 is 0. The summed E-state index contributed by atoms with van der Waals surface area (Å²) in [6.45, 7) is 2.11. The predicted octanol–water partition coefficient (Wildman–Crippen LogP) is 2.29. The highest BCUT2D eigenvalue weighted by molar-refractivity contribution is 5.45. The van der Waals surface area contributed by atoms with Gasteiger partial charge in [0.2, 0.25) is 0 Å². The van der Waals surface area contributed by atoms with Gasteiger partial charge in [-0.2, -0.15) is 0 Å². The van der Waals surface area contributed by atoms with E-state index in [1.54, 1.807) is 12.4 Å². The van der Waals surface area contributed by atoms with E-state index >= 15 is 0 Å². The summed E-state index contributed by atoms with van der Waals surface area (Å²) in [6.07, 6.45) is 7.42. The molecule has 76 valence electrons. The predicted molar refractivity (Wildman–Crippen MR) is 55.8 cm³/mol. The van der Waals surface area contributed by atoms with Gasteiger partial charge in [-0.25, -0.2) is 0 Å². The lowest BCUT2D eigenvalue weighted by Crippen LogP contribution is -2.20. The largest absolute Gasteiger partial charge is 0.397 e. The van der Waals surface area contributed by atoms with Crippen molar-refractivity contribution in [2.45, 2.75) is 38.4 Å². The molecular weight excluding hydrogens is 176 g/mol. The molecule has 0 aromatic carbocycles. The van der Waals surface area contributed by atoms with Gasteiger partial charge in [0.25, 0.3) is 0 Å². The van der Waals surface area contributed by atoms with E-state index < -0.39 is 0 Å². The Balaban J connectivity index is 2.18. The van der Waals surface area contributed by atoms with Gasteiger partial charge in [-0.05, 0) is 32.3 Å². The van der Waals surface area contributed by atoms with E-state index in [-0.39, 0.29) is 6.10 Å². The maximum absolute atomic E-state index is 5.85. The molecule has 2 unspecified atom stereocenters. The molecule has 1 aromatic heterocycles. The molecule has 0 radical (unpaired) electrons. The number of nitrogen functional groups attached to an aromatic ring is 1. The minimum Gasteiger partial charge on any atom is -0.397 e. The summed E-state index contributed by atoms with van der Waals surface area (Å²) in [4.78, 5) is 3.98. The SMILES string of the molecule is CC1CCCC(c2ccncc2N)O1. The summed E-state index contributed by atoms with van der Waals surface area (Å²) in [5.74, 6) is 0. The molecule has 0 bridgehead atoms. The van der Waals surface area contributed by atoms with Crippen molar-refractivity contribution in [1.29, 1.82) is 0 Å². The number of hydrogen-bond donors (Lipinski definition) is 1. The first-order valence-electron chi connectivity index (χ1n) is 5.12. The summed E-state index contributed by atoms with van der Waals surface area (Å²) in [5.41, 5.74) is 7.69. The molecule has 1 aromatic rings. The van der Waals surface area contributed by atoms with Crippen LogP contribution in [0.25, 0.3) is 0 Å². The smallest absolute Gasteiger partial charge is 0.0849 e. The molecule has 0 aliphatic carbocycles. The molecule has 1 aliphatic rings. The summed E-state index contributed by atoms with van der Waals surface area (Å²) in [5, 5.41) is 0. The van der Waals surface area contributed by atoms with E-state index in [0.717, 1.165) is 24.1 Å². The summed E-state index contributed by atoms with van der Waals surface area (Å²) in [6, 6.07) is 1.96. The number of ether oxygens (including phenoxy) is 1. The van der Waals surface area contributed by atoms with Gasteiger partial charge in [0.05, 0.1) is 24.1 Å². The summed E-state index contributed by atoms with van der Waals surface area (Å²) in [7, 11) is 0. The molecule has 2 atom stereocenters. The first kappa shape index (κ1) is 9.46. The number of pyridine rings is 1. The van der Waals surface area contributed by atoms with Crippen molar-refractivity contribution in [1.82, 2.24) is 4.98 Å². The standard InChI is InChI=1S/C11H16N2O/c1-8-3-2-4-11(14-8)9-5-6-13-7-10(9)12/h5-8,11H,2-4,12H2,1H3. The van der Waals surface area contributed by atoms with Gasteiger partial charge in [0, 0.05) is 11.8 Å². The Kier molecular flexibility index (Phi) is 2.68. The molecule has 0 spiro atoms. The molecule has 2 heterocycles. The topological polar surface area (TPSA) is 48.1 Å². The van der Waals surface area contributed by atoms with Crippen molar-refractivity contribution in [3.05, 3.63) is 24.0 Å². The van der Waals surface area contributed by atoms with Crippen molar-refractivity contribution in [2.75, 3.05) is 5.73 Å². The fraction of sp³-hybridized carbons (Fsp3) is 0.545. The van der Waals surface area contributed by atoms with Crippen LogP contribution < -0.4 is 5.73 Å². The molecule has 14 heavy (non-hydrogen) atoms. The fourth-order valence-corrected chi connectivity index (χ4v) is 1.95. The fourth-order valence-electron chi connectivity index (χ4n) is 1.95. The molecule has 1 aliphatic heterocycles. The average Bonchev–Trinajstić information content (AvgIpc) is 2.18. The number of aromatic nitrogens is 1. The monoisotopic (exact) mass is 192 g/mol. The molecule has 0 amide bonds. The highest BCUT2D eigenvalue weighted by atomic mass is 16.5. The second-order valence-electron chi connectivity index (χ2n) is 3.87. The van der Waals surface area contributed by atoms with Gasteiger partial charge >= 0.3 is 0 Å². The van der Waals surface area contributed by atoms with Crippen LogP contribution in [0.5, 0.6) is 0 Å². The quantitative estimate of drug-likeness (QED) is 0.742. The Morgan fingerprint density at radius 1 is 1.50 bits per heavy atom. The second-order valence-corrected chi connectivity index (χ2v) is 3.87. The van der Waals surface area contributed by atoms with Gasteiger partial charge in [-0.15, -0.1) is 0 Å². The number of anilines is 1. The minimum atomic E-state index is 0.168. The van der Waals surface area contributed by atoms with Gasteiger partial charge in [-0.3, -0.25) is 4.98 Å². The van der Waals surface area contributed by atoms with Crippen molar-refractivity contribution in [2.24, 2.45) is 0 Å². The number of rotatable bonds is 1. The molecule has 2 N–H and O–H groups in total. The van der Waals surface area contributed by atoms with Crippen molar-refractivity contribution in [3.8, 4) is 0 Å². The van der Waals surface area contributed by atoms with Gasteiger partial charge in [0.15, 0.2) is 0 Å². The van der Waals surface area contributed by atoms with Crippen LogP contribution in [0.3, 0.4) is 0 Å². The molecule has 1 fully saturated rings. The average molecular weight is 192 g/mol. The number of hydrogen-bond acceptors (Lipinski definition) is 3. The van der Waals surface area contributed by atoms with Crippen LogP contribution in [0, 0.1) is 0 Å².